The molecule has 6 aromatic carbocycles. The van der Waals surface area contributed by atoms with Crippen LogP contribution in [0, 0.1) is 0 Å². The summed E-state index contributed by atoms with van der Waals surface area (Å²) in [4.78, 5) is 10.7. The molecule has 0 saturated carbocycles. The molecule has 2 aromatic heterocycles. The Morgan fingerprint density at radius 3 is 1.85 bits per heavy atom. The lowest BCUT2D eigenvalue weighted by Gasteiger charge is -2.28. The van der Waals surface area contributed by atoms with Gasteiger partial charge in [0.2, 0.25) is 0 Å². The number of rotatable bonds is 6. The summed E-state index contributed by atoms with van der Waals surface area (Å²) in [5.74, 6) is 1.20. The van der Waals surface area contributed by atoms with Crippen LogP contribution in [0.2, 0.25) is 0 Å². The molecule has 0 fully saturated rings. The fraction of sp³-hybridized carbons (Fsp3) is 0.273. The summed E-state index contributed by atoms with van der Waals surface area (Å²) in [6, 6.07) is 45.7. The second-order valence-electron chi connectivity index (χ2n) is 19.6. The molecule has 0 aliphatic carbocycles. The molecule has 2 heterocycles. The highest BCUT2D eigenvalue weighted by Gasteiger charge is 2.30. The molecule has 0 saturated heterocycles. The summed E-state index contributed by atoms with van der Waals surface area (Å²) in [5.41, 5.74) is 13.9. The van der Waals surface area contributed by atoms with Crippen molar-refractivity contribution in [3.8, 4) is 56.3 Å². The van der Waals surface area contributed by atoms with Crippen LogP contribution in [0.3, 0.4) is 0 Å². The highest BCUT2D eigenvalue weighted by Crippen LogP contribution is 2.47. The number of phenols is 1. The van der Waals surface area contributed by atoms with E-state index < -0.39 is 0 Å². The van der Waals surface area contributed by atoms with E-state index in [4.69, 9.17) is 9.97 Å². The van der Waals surface area contributed by atoms with E-state index in [2.05, 4.69) is 208 Å². The lowest BCUT2D eigenvalue weighted by molar-refractivity contribution is 0.446. The zero-order valence-corrected chi connectivity index (χ0v) is 36.6. The Hall–Kier alpha value is -6.00. The van der Waals surface area contributed by atoms with Gasteiger partial charge in [-0.25, -0.2) is 4.98 Å². The molecular weight excluding hydrogens is 719 g/mol. The number of aromatic nitrogens is 3. The van der Waals surface area contributed by atoms with Gasteiger partial charge in [0.15, 0.2) is 0 Å². The molecule has 0 spiro atoms. The maximum Gasteiger partial charge on any atom is 0.149 e. The van der Waals surface area contributed by atoms with Gasteiger partial charge in [0.05, 0.1) is 28.0 Å². The molecule has 0 aliphatic heterocycles. The van der Waals surface area contributed by atoms with Gasteiger partial charge in [0, 0.05) is 33.8 Å². The smallest absolute Gasteiger partial charge is 0.149 e. The molecule has 0 atom stereocenters. The van der Waals surface area contributed by atoms with E-state index in [0.29, 0.717) is 0 Å². The monoisotopic (exact) mass is 775 g/mol. The van der Waals surface area contributed by atoms with Gasteiger partial charge in [-0.15, -0.1) is 0 Å². The quantitative estimate of drug-likeness (QED) is 0.183. The predicted molar refractivity (Wildman–Crippen MR) is 250 cm³/mol. The molecule has 8 aromatic rings. The first-order chi connectivity index (χ1) is 27.9. The summed E-state index contributed by atoms with van der Waals surface area (Å²) in [5, 5.41) is 14.8. The molecule has 59 heavy (non-hydrogen) atoms. The number of hydrogen-bond acceptors (Lipinski definition) is 3. The summed E-state index contributed by atoms with van der Waals surface area (Å²) in [7, 11) is 0. The maximum absolute atomic E-state index is 12.5. The Bertz CT molecular complexity index is 2860. The number of nitrogens with zero attached hydrogens (tertiary/aromatic N) is 3. The Morgan fingerprint density at radius 2 is 1.17 bits per heavy atom. The first kappa shape index (κ1) is 39.8. The molecule has 0 aliphatic rings. The molecule has 0 radical (unpaired) electrons. The van der Waals surface area contributed by atoms with Crippen LogP contribution in [0.25, 0.3) is 72.4 Å². The fourth-order valence-electron chi connectivity index (χ4n) is 8.28. The van der Waals surface area contributed by atoms with Crippen molar-refractivity contribution in [2.45, 2.75) is 98.3 Å². The molecular formula is C55H57N3O. The lowest BCUT2D eigenvalue weighted by Crippen LogP contribution is -2.17. The van der Waals surface area contributed by atoms with Gasteiger partial charge in [0.1, 0.15) is 11.6 Å². The minimum Gasteiger partial charge on any atom is -0.507 e. The minimum absolute atomic E-state index is 0.122. The molecule has 298 valence electrons. The van der Waals surface area contributed by atoms with Gasteiger partial charge in [-0.3, -0.25) is 9.55 Å². The van der Waals surface area contributed by atoms with Crippen LogP contribution in [-0.2, 0) is 16.2 Å². The molecule has 0 bridgehead atoms. The fourth-order valence-corrected chi connectivity index (χ4v) is 8.28. The topological polar surface area (TPSA) is 50.9 Å². The van der Waals surface area contributed by atoms with Gasteiger partial charge in [-0.2, -0.15) is 0 Å². The van der Waals surface area contributed by atoms with Crippen molar-refractivity contribution in [2.75, 3.05) is 0 Å². The summed E-state index contributed by atoms with van der Waals surface area (Å²) >= 11 is 0. The van der Waals surface area contributed by atoms with E-state index in [1.807, 2.05) is 6.20 Å². The zero-order chi connectivity index (χ0) is 42.0. The summed E-state index contributed by atoms with van der Waals surface area (Å²) in [6.07, 6.45) is 1.98. The van der Waals surface area contributed by atoms with E-state index in [1.165, 1.54) is 11.1 Å². The van der Waals surface area contributed by atoms with Gasteiger partial charge in [-0.1, -0.05) is 173 Å². The average Bonchev–Trinajstić information content (AvgIpc) is 3.58. The second kappa shape index (κ2) is 14.7. The lowest BCUT2D eigenvalue weighted by atomic mass is 9.79. The van der Waals surface area contributed by atoms with Crippen molar-refractivity contribution in [1.29, 1.82) is 0 Å². The molecule has 1 N–H and O–H groups in total. The summed E-state index contributed by atoms with van der Waals surface area (Å²) < 4.78 is 2.34. The first-order valence-corrected chi connectivity index (χ1v) is 21.0. The first-order valence-electron chi connectivity index (χ1n) is 21.0. The van der Waals surface area contributed by atoms with Crippen LogP contribution in [0.5, 0.6) is 5.75 Å². The van der Waals surface area contributed by atoms with Crippen molar-refractivity contribution >= 4 is 21.8 Å². The molecule has 0 amide bonds. The van der Waals surface area contributed by atoms with Crippen molar-refractivity contribution in [2.24, 2.45) is 0 Å². The number of imidazole rings is 1. The van der Waals surface area contributed by atoms with E-state index in [9.17, 15) is 5.11 Å². The van der Waals surface area contributed by atoms with Crippen LogP contribution in [0.15, 0.2) is 134 Å². The summed E-state index contributed by atoms with van der Waals surface area (Å²) in [6.45, 7) is 24.5. The maximum atomic E-state index is 12.5. The highest BCUT2D eigenvalue weighted by molar-refractivity contribution is 5.98. The standard InChI is InChI=1S/C55H57N3O/c1-34(2)42-23-17-25-44(35-19-13-12-14-20-35)50(42)58-48-26-18-24-43(49(48)57-52(58)45-31-41(54(6,7)8)32-46(51(45)59)55(9,10)11)38-27-39(29-40(28-38)53(3,4)5)47-30-36-21-15-16-22-37(36)33-56-47/h12-34,59H,1-11H3. The van der Waals surface area contributed by atoms with Crippen LogP contribution in [0.1, 0.15) is 104 Å². The highest BCUT2D eigenvalue weighted by atomic mass is 16.3. The Kier molecular flexibility index (Phi) is 9.90. The number of phenolic OH excluding ortho intramolecular Hbond substituents is 1. The largest absolute Gasteiger partial charge is 0.507 e. The normalized spacial score (nSPS) is 12.5. The van der Waals surface area contributed by atoms with Crippen LogP contribution in [0.4, 0.5) is 0 Å². The third-order valence-corrected chi connectivity index (χ3v) is 11.7. The third-order valence-electron chi connectivity index (χ3n) is 11.7. The van der Waals surface area contributed by atoms with Crippen LogP contribution < -0.4 is 0 Å². The van der Waals surface area contributed by atoms with Crippen LogP contribution in [-0.4, -0.2) is 19.6 Å². The zero-order valence-electron chi connectivity index (χ0n) is 36.6. The van der Waals surface area contributed by atoms with Crippen molar-refractivity contribution in [3.05, 3.63) is 156 Å². The van der Waals surface area contributed by atoms with Crippen molar-refractivity contribution in [1.82, 2.24) is 14.5 Å². The number of benzene rings is 6. The van der Waals surface area contributed by atoms with E-state index >= 15 is 0 Å². The van der Waals surface area contributed by atoms with Crippen LogP contribution >= 0.6 is 0 Å². The van der Waals surface area contributed by atoms with E-state index in [0.717, 1.165) is 83.5 Å². The number of pyridine rings is 1. The number of fused-ring (bicyclic) bond motifs is 2. The number of para-hydroxylation sites is 2. The molecule has 4 heteroatoms. The molecule has 8 rings (SSSR count). The Labute approximate surface area is 350 Å². The SMILES string of the molecule is CC(C)c1cccc(-c2ccccc2)c1-n1c(-c2cc(C(C)(C)C)cc(C(C)(C)C)c2O)nc2c(-c3cc(-c4cc5ccccc5cn4)cc(C(C)(C)C)c3)cccc21. The predicted octanol–water partition coefficient (Wildman–Crippen LogP) is 15.0. The Balaban J connectivity index is 1.50. The van der Waals surface area contributed by atoms with E-state index in [-0.39, 0.29) is 27.9 Å². The van der Waals surface area contributed by atoms with Gasteiger partial charge in [-0.05, 0) is 85.7 Å². The third kappa shape index (κ3) is 7.46. The van der Waals surface area contributed by atoms with Gasteiger partial charge >= 0.3 is 0 Å². The minimum atomic E-state index is -0.312. The Morgan fingerprint density at radius 1 is 0.542 bits per heavy atom. The van der Waals surface area contributed by atoms with Crippen molar-refractivity contribution < 1.29 is 5.11 Å². The van der Waals surface area contributed by atoms with Gasteiger partial charge in [0.25, 0.3) is 0 Å². The van der Waals surface area contributed by atoms with Crippen molar-refractivity contribution in [3.63, 3.8) is 0 Å². The number of hydrogen-bond donors (Lipinski definition) is 1. The molecule has 0 unspecified atom stereocenters. The van der Waals surface area contributed by atoms with Gasteiger partial charge < -0.3 is 5.11 Å². The number of aromatic hydroxyl groups is 1. The molecule has 4 nitrogen and oxygen atoms in total. The van der Waals surface area contributed by atoms with E-state index in [1.54, 1.807) is 0 Å². The second-order valence-corrected chi connectivity index (χ2v) is 19.6. The average molecular weight is 776 g/mol.